The van der Waals surface area contributed by atoms with E-state index in [9.17, 15) is 9.90 Å². The molecule has 72 valence electrons. The van der Waals surface area contributed by atoms with Crippen molar-refractivity contribution < 1.29 is 14.6 Å². The fraction of sp³-hybridized carbons (Fsp3) is 0.857. The smallest absolute Gasteiger partial charge is 0.325 e. The monoisotopic (exact) mass is 195 g/mol. The molecule has 1 saturated heterocycles. The number of nitrogens with one attached hydrogen (secondary N) is 1. The molecule has 2 N–H and O–H groups in total. The molecule has 0 spiro atoms. The van der Waals surface area contributed by atoms with Gasteiger partial charge in [-0.1, -0.05) is 0 Å². The second kappa shape index (κ2) is 5.35. The van der Waals surface area contributed by atoms with Crippen LogP contribution in [-0.2, 0) is 9.53 Å². The summed E-state index contributed by atoms with van der Waals surface area (Å²) >= 11 is 0. The van der Waals surface area contributed by atoms with Crippen LogP contribution in [0.1, 0.15) is 13.3 Å². The van der Waals surface area contributed by atoms with Gasteiger partial charge in [0, 0.05) is 0 Å². The maximum Gasteiger partial charge on any atom is 0.325 e. The third-order valence-corrected chi connectivity index (χ3v) is 1.73. The molecule has 0 unspecified atom stereocenters. The van der Waals surface area contributed by atoms with Gasteiger partial charge in [0.15, 0.2) is 0 Å². The summed E-state index contributed by atoms with van der Waals surface area (Å²) in [6.07, 6.45) is 0.0535. The van der Waals surface area contributed by atoms with Crippen LogP contribution < -0.4 is 5.32 Å². The molecule has 12 heavy (non-hydrogen) atoms. The van der Waals surface area contributed by atoms with Gasteiger partial charge in [-0.15, -0.1) is 12.4 Å². The lowest BCUT2D eigenvalue weighted by molar-refractivity contribution is -0.147. The summed E-state index contributed by atoms with van der Waals surface area (Å²) in [5.41, 5.74) is 0. The zero-order valence-corrected chi connectivity index (χ0v) is 7.76. The Balaban J connectivity index is 0.00000121. The second-order valence-corrected chi connectivity index (χ2v) is 2.54. The lowest BCUT2D eigenvalue weighted by Gasteiger charge is -2.12. The van der Waals surface area contributed by atoms with Crippen LogP contribution in [0.15, 0.2) is 0 Å². The van der Waals surface area contributed by atoms with Crippen LogP contribution in [0.2, 0.25) is 0 Å². The molecule has 0 radical (unpaired) electrons. The molecule has 2 atom stereocenters. The summed E-state index contributed by atoms with van der Waals surface area (Å²) in [6.45, 7) is 2.80. The molecule has 0 saturated carbocycles. The van der Waals surface area contributed by atoms with Gasteiger partial charge < -0.3 is 15.2 Å². The zero-order valence-electron chi connectivity index (χ0n) is 6.95. The van der Waals surface area contributed by atoms with Gasteiger partial charge in [0.05, 0.1) is 12.7 Å². The van der Waals surface area contributed by atoms with E-state index >= 15 is 0 Å². The van der Waals surface area contributed by atoms with Gasteiger partial charge >= 0.3 is 5.97 Å². The maximum atomic E-state index is 11.0. The van der Waals surface area contributed by atoms with Crippen molar-refractivity contribution in [2.75, 3.05) is 13.2 Å². The number of carbonyl (C=O) groups is 1. The summed E-state index contributed by atoms with van der Waals surface area (Å²) in [6, 6.07) is -0.505. The topological polar surface area (TPSA) is 58.6 Å². The van der Waals surface area contributed by atoms with Crippen LogP contribution in [0, 0.1) is 0 Å². The minimum absolute atomic E-state index is 0. The Labute approximate surface area is 77.7 Å². The predicted octanol–water partition coefficient (Wildman–Crippen LogP) is -0.306. The molecule has 0 aliphatic carbocycles. The Morgan fingerprint density at radius 3 is 2.83 bits per heavy atom. The van der Waals surface area contributed by atoms with E-state index in [2.05, 4.69) is 5.32 Å². The van der Waals surface area contributed by atoms with Crippen molar-refractivity contribution in [2.45, 2.75) is 25.5 Å². The lowest BCUT2D eigenvalue weighted by atomic mass is 10.2. The second-order valence-electron chi connectivity index (χ2n) is 2.54. The van der Waals surface area contributed by atoms with Crippen LogP contribution in [0.4, 0.5) is 0 Å². The Morgan fingerprint density at radius 2 is 2.42 bits per heavy atom. The van der Waals surface area contributed by atoms with Gasteiger partial charge in [-0.2, -0.15) is 0 Å². The summed E-state index contributed by atoms with van der Waals surface area (Å²) in [5, 5.41) is 12.1. The van der Waals surface area contributed by atoms with E-state index in [1.165, 1.54) is 0 Å². The van der Waals surface area contributed by atoms with Crippen LogP contribution >= 0.6 is 12.4 Å². The normalized spacial score (nSPS) is 27.8. The molecule has 0 bridgehead atoms. The van der Waals surface area contributed by atoms with Crippen LogP contribution in [-0.4, -0.2) is 36.4 Å². The Kier molecular flexibility index (Phi) is 5.20. The van der Waals surface area contributed by atoms with Gasteiger partial charge in [0.1, 0.15) is 6.04 Å². The van der Waals surface area contributed by atoms with E-state index in [4.69, 9.17) is 4.74 Å². The molecule has 0 amide bonds. The largest absolute Gasteiger partial charge is 0.465 e. The van der Waals surface area contributed by atoms with E-state index in [1.54, 1.807) is 6.92 Å². The highest BCUT2D eigenvalue weighted by Gasteiger charge is 2.31. The number of hydrogen-bond donors (Lipinski definition) is 2. The third-order valence-electron chi connectivity index (χ3n) is 1.73. The minimum atomic E-state index is -0.575. The van der Waals surface area contributed by atoms with Gasteiger partial charge in [-0.3, -0.25) is 4.79 Å². The molecule has 0 aromatic rings. The van der Waals surface area contributed by atoms with Crippen LogP contribution in [0.5, 0.6) is 0 Å². The molecule has 5 heteroatoms. The molecule has 1 heterocycles. The van der Waals surface area contributed by atoms with Crippen LogP contribution in [0.3, 0.4) is 0 Å². The standard InChI is InChI=1S/C7H13NO3.ClH/c1-2-11-7(10)6-5(9)3-4-8-6;/h5-6,8-9H,2-4H2,1H3;1H/t5-,6+;/m0./s1. The molecule has 1 rings (SSSR count). The van der Waals surface area contributed by atoms with Crippen LogP contribution in [0.25, 0.3) is 0 Å². The summed E-state index contributed by atoms with van der Waals surface area (Å²) in [4.78, 5) is 11.0. The first-order valence-corrected chi connectivity index (χ1v) is 3.83. The van der Waals surface area contributed by atoms with E-state index in [0.29, 0.717) is 19.6 Å². The highest BCUT2D eigenvalue weighted by atomic mass is 35.5. The van der Waals surface area contributed by atoms with Crippen molar-refractivity contribution in [1.82, 2.24) is 5.32 Å². The van der Waals surface area contributed by atoms with E-state index in [1.807, 2.05) is 0 Å². The molecule has 0 aromatic carbocycles. The Bertz CT molecular complexity index is 154. The number of aliphatic hydroxyl groups is 1. The Morgan fingerprint density at radius 1 is 1.75 bits per heavy atom. The average Bonchev–Trinajstić information content (AvgIpc) is 2.36. The van der Waals surface area contributed by atoms with Crippen molar-refractivity contribution in [3.8, 4) is 0 Å². The molecule has 1 fully saturated rings. The first kappa shape index (κ1) is 11.7. The fourth-order valence-corrected chi connectivity index (χ4v) is 1.16. The first-order chi connectivity index (χ1) is 5.25. The molecular formula is C7H14ClNO3. The summed E-state index contributed by atoms with van der Waals surface area (Å²) in [7, 11) is 0. The van der Waals surface area contributed by atoms with Crippen molar-refractivity contribution in [3.63, 3.8) is 0 Å². The first-order valence-electron chi connectivity index (χ1n) is 3.83. The predicted molar refractivity (Wildman–Crippen MR) is 46.3 cm³/mol. The zero-order chi connectivity index (χ0) is 8.27. The van der Waals surface area contributed by atoms with Gasteiger partial charge in [0.25, 0.3) is 0 Å². The van der Waals surface area contributed by atoms with Gasteiger partial charge in [0.2, 0.25) is 0 Å². The number of aliphatic hydroxyl groups excluding tert-OH is 1. The highest BCUT2D eigenvalue weighted by Crippen LogP contribution is 2.07. The number of esters is 1. The average molecular weight is 196 g/mol. The minimum Gasteiger partial charge on any atom is -0.465 e. The fourth-order valence-electron chi connectivity index (χ4n) is 1.16. The molecule has 1 aliphatic rings. The highest BCUT2D eigenvalue weighted by molar-refractivity contribution is 5.85. The number of halogens is 1. The van der Waals surface area contributed by atoms with E-state index < -0.39 is 12.1 Å². The lowest BCUT2D eigenvalue weighted by Crippen LogP contribution is -2.39. The van der Waals surface area contributed by atoms with Crippen molar-refractivity contribution in [3.05, 3.63) is 0 Å². The quantitative estimate of drug-likeness (QED) is 0.594. The number of carbonyl (C=O) groups excluding carboxylic acids is 1. The SMILES string of the molecule is CCOC(=O)[C@@H]1NCC[C@@H]1O.Cl. The van der Waals surface area contributed by atoms with Crippen molar-refractivity contribution in [1.29, 1.82) is 0 Å². The molecule has 4 nitrogen and oxygen atoms in total. The molecule has 0 aromatic heterocycles. The number of rotatable bonds is 2. The number of hydrogen-bond acceptors (Lipinski definition) is 4. The summed E-state index contributed by atoms with van der Waals surface area (Å²) < 4.78 is 4.73. The maximum absolute atomic E-state index is 11.0. The Hall–Kier alpha value is -0.320. The third kappa shape index (κ3) is 2.62. The van der Waals surface area contributed by atoms with E-state index in [-0.39, 0.29) is 18.4 Å². The van der Waals surface area contributed by atoms with Crippen molar-refractivity contribution in [2.24, 2.45) is 0 Å². The molecule has 1 aliphatic heterocycles. The van der Waals surface area contributed by atoms with E-state index in [0.717, 1.165) is 0 Å². The van der Waals surface area contributed by atoms with Gasteiger partial charge in [-0.05, 0) is 19.9 Å². The number of ether oxygens (including phenoxy) is 1. The van der Waals surface area contributed by atoms with Crippen molar-refractivity contribution >= 4 is 18.4 Å². The summed E-state index contributed by atoms with van der Waals surface area (Å²) in [5.74, 6) is -0.350. The molecular weight excluding hydrogens is 182 g/mol. The van der Waals surface area contributed by atoms with Gasteiger partial charge in [-0.25, -0.2) is 0 Å².